The van der Waals surface area contributed by atoms with Gasteiger partial charge >= 0.3 is 0 Å². The van der Waals surface area contributed by atoms with Crippen LogP contribution in [0.5, 0.6) is 5.75 Å². The normalized spacial score (nSPS) is 15.8. The van der Waals surface area contributed by atoms with Crippen LogP contribution >= 0.6 is 0 Å². The SMILES string of the molecule is CCc1cc2c(=O)c(-c3nc4ccccc4[nH]3)coc2c(C[NH+]2CCN(C)CC2)c1[O-]. The number of fused-ring (bicyclic) bond motifs is 2. The molecule has 7 nitrogen and oxygen atoms in total. The number of benzene rings is 2. The monoisotopic (exact) mass is 418 g/mol. The van der Waals surface area contributed by atoms with Crippen LogP contribution in [0.15, 0.2) is 45.8 Å². The number of aromatic amines is 1. The van der Waals surface area contributed by atoms with Crippen LogP contribution < -0.4 is 15.4 Å². The second kappa shape index (κ2) is 7.83. The van der Waals surface area contributed by atoms with E-state index < -0.39 is 0 Å². The molecule has 4 aromatic rings. The van der Waals surface area contributed by atoms with Gasteiger partial charge in [0.2, 0.25) is 5.43 Å². The van der Waals surface area contributed by atoms with Crippen LogP contribution in [0, 0.1) is 0 Å². The number of imidazole rings is 1. The van der Waals surface area contributed by atoms with E-state index in [1.807, 2.05) is 31.2 Å². The van der Waals surface area contributed by atoms with Gasteiger partial charge in [-0.2, -0.15) is 0 Å². The Balaban J connectivity index is 1.63. The lowest BCUT2D eigenvalue weighted by Gasteiger charge is -2.31. The fourth-order valence-electron chi connectivity index (χ4n) is 4.41. The zero-order chi connectivity index (χ0) is 21.5. The molecule has 0 spiro atoms. The highest BCUT2D eigenvalue weighted by Crippen LogP contribution is 2.30. The number of aryl methyl sites for hydroxylation is 1. The smallest absolute Gasteiger partial charge is 0.203 e. The third-order valence-corrected chi connectivity index (χ3v) is 6.33. The molecule has 0 saturated carbocycles. The van der Waals surface area contributed by atoms with Gasteiger partial charge in [0.25, 0.3) is 0 Å². The molecule has 160 valence electrons. The molecule has 7 heteroatoms. The predicted molar refractivity (Wildman–Crippen MR) is 118 cm³/mol. The second-order valence-electron chi connectivity index (χ2n) is 8.38. The molecule has 31 heavy (non-hydrogen) atoms. The van der Waals surface area contributed by atoms with Gasteiger partial charge in [-0.05, 0) is 31.7 Å². The van der Waals surface area contributed by atoms with Crippen molar-refractivity contribution < 1.29 is 14.4 Å². The van der Waals surface area contributed by atoms with Gasteiger partial charge in [0.1, 0.15) is 29.8 Å². The molecule has 2 N–H and O–H groups in total. The Bertz CT molecular complexity index is 1280. The molecular weight excluding hydrogens is 392 g/mol. The Labute approximate surface area is 179 Å². The lowest BCUT2D eigenvalue weighted by atomic mass is 10.0. The van der Waals surface area contributed by atoms with Crippen molar-refractivity contribution >= 4 is 22.0 Å². The Morgan fingerprint density at radius 2 is 2.03 bits per heavy atom. The summed E-state index contributed by atoms with van der Waals surface area (Å²) < 4.78 is 5.96. The van der Waals surface area contributed by atoms with E-state index in [4.69, 9.17) is 4.42 Å². The molecule has 0 aliphatic carbocycles. The number of piperazine rings is 1. The van der Waals surface area contributed by atoms with Crippen LogP contribution in [-0.2, 0) is 13.0 Å². The number of rotatable bonds is 4. The minimum Gasteiger partial charge on any atom is -0.872 e. The lowest BCUT2D eigenvalue weighted by Crippen LogP contribution is -3.13. The summed E-state index contributed by atoms with van der Waals surface area (Å²) in [5.41, 5.74) is 3.55. The molecular formula is C24H26N4O3. The molecule has 0 radical (unpaired) electrons. The first-order chi connectivity index (χ1) is 15.0. The number of H-pyrrole nitrogens is 1. The van der Waals surface area contributed by atoms with E-state index in [0.29, 0.717) is 46.4 Å². The lowest BCUT2D eigenvalue weighted by molar-refractivity contribution is -0.918. The fourth-order valence-corrected chi connectivity index (χ4v) is 4.41. The van der Waals surface area contributed by atoms with Crippen molar-refractivity contribution in [3.05, 3.63) is 57.9 Å². The van der Waals surface area contributed by atoms with E-state index in [1.165, 1.54) is 11.2 Å². The third-order valence-electron chi connectivity index (χ3n) is 6.33. The van der Waals surface area contributed by atoms with Crippen LogP contribution in [0.1, 0.15) is 18.1 Å². The minimum atomic E-state index is -0.162. The van der Waals surface area contributed by atoms with E-state index in [2.05, 4.69) is 21.9 Å². The standard InChI is InChI=1S/C24H26N4O3/c1-3-15-12-16-22(30)18(24-25-19-6-4-5-7-20(19)26-24)14-31-23(16)17(21(15)29)13-28-10-8-27(2)9-11-28/h4-7,12,14,29H,3,8-11,13H2,1-2H3,(H,25,26). The highest BCUT2D eigenvalue weighted by atomic mass is 16.3. The summed E-state index contributed by atoms with van der Waals surface area (Å²) in [7, 11) is 2.11. The molecule has 1 aliphatic rings. The Hall–Kier alpha value is -3.16. The number of hydrogen-bond donors (Lipinski definition) is 2. The Morgan fingerprint density at radius 1 is 1.26 bits per heavy atom. The first-order valence-electron chi connectivity index (χ1n) is 10.8. The van der Waals surface area contributed by atoms with Gasteiger partial charge in [0.15, 0.2) is 0 Å². The van der Waals surface area contributed by atoms with E-state index in [9.17, 15) is 9.90 Å². The zero-order valence-electron chi connectivity index (χ0n) is 17.8. The maximum absolute atomic E-state index is 13.4. The van der Waals surface area contributed by atoms with Gasteiger partial charge in [0.05, 0.1) is 29.5 Å². The van der Waals surface area contributed by atoms with Gasteiger partial charge in [-0.25, -0.2) is 4.98 Å². The average Bonchev–Trinajstić information content (AvgIpc) is 3.21. The van der Waals surface area contributed by atoms with E-state index in [1.54, 1.807) is 6.07 Å². The van der Waals surface area contributed by atoms with Crippen LogP contribution in [0.3, 0.4) is 0 Å². The summed E-state index contributed by atoms with van der Waals surface area (Å²) in [5, 5.41) is 13.6. The number of nitrogens with zero attached hydrogens (tertiary/aromatic N) is 2. The van der Waals surface area contributed by atoms with Crippen LogP contribution in [-0.4, -0.2) is 48.1 Å². The number of para-hydroxylation sites is 2. The van der Waals surface area contributed by atoms with E-state index in [-0.39, 0.29) is 11.2 Å². The quantitative estimate of drug-likeness (QED) is 0.522. The molecule has 2 aromatic carbocycles. The van der Waals surface area contributed by atoms with Crippen molar-refractivity contribution in [1.82, 2.24) is 14.9 Å². The Morgan fingerprint density at radius 3 is 2.77 bits per heavy atom. The van der Waals surface area contributed by atoms with Gasteiger partial charge in [0, 0.05) is 18.7 Å². The summed E-state index contributed by atoms with van der Waals surface area (Å²) in [5.74, 6) is 0.480. The highest BCUT2D eigenvalue weighted by molar-refractivity contribution is 5.87. The molecule has 0 unspecified atom stereocenters. The van der Waals surface area contributed by atoms with Crippen LogP contribution in [0.4, 0.5) is 0 Å². The number of quaternary nitrogens is 1. The van der Waals surface area contributed by atoms with E-state index >= 15 is 0 Å². The number of likely N-dealkylation sites (N-methyl/N-ethyl adjacent to an activating group) is 1. The largest absolute Gasteiger partial charge is 0.872 e. The summed E-state index contributed by atoms with van der Waals surface area (Å²) in [6.45, 7) is 6.44. The summed E-state index contributed by atoms with van der Waals surface area (Å²) >= 11 is 0. The number of nitrogens with one attached hydrogen (secondary N) is 2. The van der Waals surface area contributed by atoms with Crippen molar-refractivity contribution in [1.29, 1.82) is 0 Å². The predicted octanol–water partition coefficient (Wildman–Crippen LogP) is 1.30. The average molecular weight is 418 g/mol. The molecule has 0 bridgehead atoms. The molecule has 0 atom stereocenters. The van der Waals surface area contributed by atoms with Gasteiger partial charge in [-0.15, -0.1) is 0 Å². The maximum atomic E-state index is 13.4. The summed E-state index contributed by atoms with van der Waals surface area (Å²) in [4.78, 5) is 24.8. The van der Waals surface area contributed by atoms with Crippen molar-refractivity contribution in [3.8, 4) is 17.1 Å². The second-order valence-corrected chi connectivity index (χ2v) is 8.38. The summed E-state index contributed by atoms with van der Waals surface area (Å²) in [6.07, 6.45) is 2.02. The first-order valence-corrected chi connectivity index (χ1v) is 10.8. The van der Waals surface area contributed by atoms with Crippen LogP contribution in [0.25, 0.3) is 33.4 Å². The van der Waals surface area contributed by atoms with Crippen molar-refractivity contribution in [2.75, 3.05) is 33.2 Å². The Kier molecular flexibility index (Phi) is 5.00. The minimum absolute atomic E-state index is 0.000986. The van der Waals surface area contributed by atoms with Gasteiger partial charge < -0.3 is 19.4 Å². The molecule has 2 aromatic heterocycles. The molecule has 1 fully saturated rings. The molecule has 0 amide bonds. The third kappa shape index (κ3) is 3.49. The van der Waals surface area contributed by atoms with Gasteiger partial charge in [-0.1, -0.05) is 30.4 Å². The van der Waals surface area contributed by atoms with Crippen molar-refractivity contribution in [3.63, 3.8) is 0 Å². The van der Waals surface area contributed by atoms with Crippen molar-refractivity contribution in [2.24, 2.45) is 0 Å². The number of hydrogen-bond acceptors (Lipinski definition) is 5. The highest BCUT2D eigenvalue weighted by Gasteiger charge is 2.22. The first kappa shape index (κ1) is 19.8. The van der Waals surface area contributed by atoms with E-state index in [0.717, 1.165) is 37.2 Å². The summed E-state index contributed by atoms with van der Waals surface area (Å²) in [6, 6.07) is 9.35. The molecule has 1 aliphatic heterocycles. The maximum Gasteiger partial charge on any atom is 0.203 e. The number of aromatic nitrogens is 2. The van der Waals surface area contributed by atoms with Crippen LogP contribution in [0.2, 0.25) is 0 Å². The fraction of sp³-hybridized carbons (Fsp3) is 0.333. The zero-order valence-corrected chi connectivity index (χ0v) is 17.8. The topological polar surface area (TPSA) is 89.6 Å². The van der Waals surface area contributed by atoms with Gasteiger partial charge in [-0.3, -0.25) is 9.69 Å². The molecule has 5 rings (SSSR count). The van der Waals surface area contributed by atoms with Crippen molar-refractivity contribution in [2.45, 2.75) is 19.9 Å². The molecule has 3 heterocycles. The molecule has 1 saturated heterocycles.